The van der Waals surface area contributed by atoms with E-state index in [1.54, 1.807) is 28.6 Å². The molecule has 1 saturated carbocycles. The third kappa shape index (κ3) is 2.87. The molecule has 24 heavy (non-hydrogen) atoms. The van der Waals surface area contributed by atoms with E-state index < -0.39 is 10.0 Å². The van der Waals surface area contributed by atoms with Crippen LogP contribution in [0.15, 0.2) is 64.0 Å². The van der Waals surface area contributed by atoms with Gasteiger partial charge in [-0.1, -0.05) is 36.4 Å². The number of nitrogens with zero attached hydrogens (tertiary/aromatic N) is 1. The second-order valence-electron chi connectivity index (χ2n) is 6.01. The summed E-state index contributed by atoms with van der Waals surface area (Å²) in [5.74, 6) is 0.459. The summed E-state index contributed by atoms with van der Waals surface area (Å²) >= 11 is 5.16. The Kier molecular flexibility index (Phi) is 4.14. The van der Waals surface area contributed by atoms with Gasteiger partial charge in [0.15, 0.2) is 0 Å². The van der Waals surface area contributed by atoms with Crippen molar-refractivity contribution in [1.82, 2.24) is 0 Å². The van der Waals surface area contributed by atoms with Crippen molar-refractivity contribution in [2.24, 2.45) is 5.92 Å². The molecule has 0 radical (unpaired) electrons. The van der Waals surface area contributed by atoms with Crippen LogP contribution in [0.2, 0.25) is 0 Å². The van der Waals surface area contributed by atoms with Gasteiger partial charge >= 0.3 is 0 Å². The highest BCUT2D eigenvalue weighted by atomic mass is 79.9. The van der Waals surface area contributed by atoms with Gasteiger partial charge in [0, 0.05) is 16.6 Å². The largest absolute Gasteiger partial charge is 0.264 e. The molecule has 1 fully saturated rings. The van der Waals surface area contributed by atoms with Gasteiger partial charge in [-0.2, -0.15) is 0 Å². The Bertz CT molecular complexity index is 979. The zero-order valence-corrected chi connectivity index (χ0v) is 16.1. The molecule has 0 amide bonds. The smallest absolute Gasteiger partial charge is 0.256 e. The van der Waals surface area contributed by atoms with Gasteiger partial charge in [0.05, 0.1) is 9.37 Å². The van der Waals surface area contributed by atoms with Gasteiger partial charge in [-0.05, 0) is 52.9 Å². The quantitative estimate of drug-likeness (QED) is 0.562. The van der Waals surface area contributed by atoms with Crippen LogP contribution in [-0.4, -0.2) is 15.0 Å². The highest BCUT2D eigenvalue weighted by Crippen LogP contribution is 2.45. The minimum atomic E-state index is -3.57. The van der Waals surface area contributed by atoms with Crippen molar-refractivity contribution in [2.75, 3.05) is 10.8 Å². The van der Waals surface area contributed by atoms with E-state index in [-0.39, 0.29) is 0 Å². The molecule has 0 aliphatic heterocycles. The van der Waals surface area contributed by atoms with E-state index in [0.717, 1.165) is 32.4 Å². The number of hydrogen-bond acceptors (Lipinski definition) is 3. The summed E-state index contributed by atoms with van der Waals surface area (Å²) in [6.07, 6.45) is 2.20. The maximum absolute atomic E-state index is 13.2. The third-order valence-corrected chi connectivity index (χ3v) is 8.35. The van der Waals surface area contributed by atoms with Crippen LogP contribution in [-0.2, 0) is 10.0 Å². The van der Waals surface area contributed by atoms with Crippen LogP contribution in [0.3, 0.4) is 0 Å². The molecule has 6 heteroatoms. The third-order valence-electron chi connectivity index (χ3n) is 4.20. The van der Waals surface area contributed by atoms with Gasteiger partial charge in [-0.15, -0.1) is 11.3 Å². The van der Waals surface area contributed by atoms with Crippen molar-refractivity contribution in [2.45, 2.75) is 17.7 Å². The number of rotatable bonds is 5. The van der Waals surface area contributed by atoms with Gasteiger partial charge in [0.1, 0.15) is 5.00 Å². The molecule has 0 atom stereocenters. The molecular weight excluding hydrogens is 406 g/mol. The maximum Gasteiger partial charge on any atom is 0.264 e. The lowest BCUT2D eigenvalue weighted by atomic mass is 10.3. The van der Waals surface area contributed by atoms with Crippen LogP contribution in [0.5, 0.6) is 0 Å². The number of halogens is 1. The molecule has 4 rings (SSSR count). The van der Waals surface area contributed by atoms with E-state index in [9.17, 15) is 8.42 Å². The number of fused-ring (bicyclic) bond motifs is 1. The topological polar surface area (TPSA) is 37.4 Å². The Morgan fingerprint density at radius 1 is 1.04 bits per heavy atom. The first-order valence-electron chi connectivity index (χ1n) is 7.82. The number of benzene rings is 2. The maximum atomic E-state index is 13.2. The molecule has 0 N–H and O–H groups in total. The Labute approximate surface area is 154 Å². The zero-order chi connectivity index (χ0) is 16.7. The SMILES string of the molecule is O=S(=O)(c1ccccc1)N(CC1CC1)c1sc2ccccc2c1Br. The number of thiophene rings is 1. The van der Waals surface area contributed by atoms with Crippen molar-refractivity contribution in [3.63, 3.8) is 0 Å². The monoisotopic (exact) mass is 421 g/mol. The van der Waals surface area contributed by atoms with E-state index in [0.29, 0.717) is 17.4 Å². The summed E-state index contributed by atoms with van der Waals surface area (Å²) in [4.78, 5) is 0.343. The molecular formula is C18H16BrNO2S2. The average Bonchev–Trinajstić information content (AvgIpc) is 3.37. The van der Waals surface area contributed by atoms with Crippen LogP contribution in [0.25, 0.3) is 10.1 Å². The lowest BCUT2D eigenvalue weighted by molar-refractivity contribution is 0.588. The summed E-state index contributed by atoms with van der Waals surface area (Å²) in [5, 5.41) is 1.83. The van der Waals surface area contributed by atoms with Gasteiger partial charge in [-0.3, -0.25) is 4.31 Å². The summed E-state index contributed by atoms with van der Waals surface area (Å²) in [5.41, 5.74) is 0. The summed E-state index contributed by atoms with van der Waals surface area (Å²) in [7, 11) is -3.57. The Hall–Kier alpha value is -1.37. The normalized spacial score (nSPS) is 14.9. The van der Waals surface area contributed by atoms with Crippen molar-refractivity contribution in [3.05, 3.63) is 59.1 Å². The molecule has 0 spiro atoms. The van der Waals surface area contributed by atoms with E-state index in [1.807, 2.05) is 30.3 Å². The summed E-state index contributed by atoms with van der Waals surface area (Å²) in [6.45, 7) is 0.544. The van der Waals surface area contributed by atoms with Gasteiger partial charge in [-0.25, -0.2) is 8.42 Å². The van der Waals surface area contributed by atoms with Crippen LogP contribution >= 0.6 is 27.3 Å². The molecule has 0 unspecified atom stereocenters. The second kappa shape index (κ2) is 6.17. The van der Waals surface area contributed by atoms with Crippen LogP contribution in [0.4, 0.5) is 5.00 Å². The number of anilines is 1. The molecule has 3 nitrogen and oxygen atoms in total. The van der Waals surface area contributed by atoms with Crippen molar-refractivity contribution >= 4 is 52.4 Å². The van der Waals surface area contributed by atoms with Gasteiger partial charge in [0.2, 0.25) is 0 Å². The van der Waals surface area contributed by atoms with E-state index in [4.69, 9.17) is 0 Å². The minimum absolute atomic E-state index is 0.343. The fourth-order valence-electron chi connectivity index (χ4n) is 2.71. The Morgan fingerprint density at radius 3 is 2.38 bits per heavy atom. The van der Waals surface area contributed by atoms with Crippen LogP contribution in [0.1, 0.15) is 12.8 Å². The van der Waals surface area contributed by atoms with E-state index >= 15 is 0 Å². The first kappa shape index (κ1) is 16.1. The number of hydrogen-bond donors (Lipinski definition) is 0. The van der Waals surface area contributed by atoms with Crippen LogP contribution < -0.4 is 4.31 Å². The summed E-state index contributed by atoms with van der Waals surface area (Å²) < 4.78 is 30.0. The molecule has 1 heterocycles. The van der Waals surface area contributed by atoms with Gasteiger partial charge < -0.3 is 0 Å². The predicted molar refractivity (Wildman–Crippen MR) is 103 cm³/mol. The number of sulfonamides is 1. The first-order chi connectivity index (χ1) is 11.6. The highest BCUT2D eigenvalue weighted by Gasteiger charge is 2.34. The molecule has 0 bridgehead atoms. The van der Waals surface area contributed by atoms with E-state index in [2.05, 4.69) is 15.9 Å². The average molecular weight is 422 g/mol. The molecule has 2 aromatic carbocycles. The molecule has 0 saturated heterocycles. The predicted octanol–water partition coefficient (Wildman–Crippen LogP) is 5.27. The Balaban J connectivity index is 1.86. The summed E-state index contributed by atoms with van der Waals surface area (Å²) in [6, 6.07) is 16.7. The lowest BCUT2D eigenvalue weighted by Crippen LogP contribution is -2.32. The first-order valence-corrected chi connectivity index (χ1v) is 10.9. The molecule has 1 aliphatic rings. The Morgan fingerprint density at radius 2 is 1.71 bits per heavy atom. The molecule has 3 aromatic rings. The van der Waals surface area contributed by atoms with Crippen molar-refractivity contribution in [3.8, 4) is 0 Å². The van der Waals surface area contributed by atoms with Crippen molar-refractivity contribution < 1.29 is 8.42 Å². The fourth-order valence-corrected chi connectivity index (χ4v) is 6.65. The van der Waals surface area contributed by atoms with Crippen molar-refractivity contribution in [1.29, 1.82) is 0 Å². The fraction of sp³-hybridized carbons (Fsp3) is 0.222. The molecule has 124 valence electrons. The van der Waals surface area contributed by atoms with E-state index in [1.165, 1.54) is 11.3 Å². The minimum Gasteiger partial charge on any atom is -0.256 e. The highest BCUT2D eigenvalue weighted by molar-refractivity contribution is 9.10. The van der Waals surface area contributed by atoms with Crippen LogP contribution in [0, 0.1) is 5.92 Å². The standard InChI is InChI=1S/C18H16BrNO2S2/c19-17-15-8-4-5-9-16(15)23-18(17)20(12-13-10-11-13)24(21,22)14-6-2-1-3-7-14/h1-9,13H,10-12H2. The molecule has 1 aromatic heterocycles. The molecule has 1 aliphatic carbocycles. The second-order valence-corrected chi connectivity index (χ2v) is 9.70. The zero-order valence-electron chi connectivity index (χ0n) is 12.9. The lowest BCUT2D eigenvalue weighted by Gasteiger charge is -2.23. The van der Waals surface area contributed by atoms with Gasteiger partial charge in [0.25, 0.3) is 10.0 Å².